The maximum Gasteiger partial charge on any atom is 0.407 e. The zero-order chi connectivity index (χ0) is 24.4. The first kappa shape index (κ1) is 24.3. The molecule has 0 radical (unpaired) electrons. The molecule has 0 bridgehead atoms. The highest BCUT2D eigenvalue weighted by Crippen LogP contribution is 2.44. The maximum absolute atomic E-state index is 12.7. The second-order valence-electron chi connectivity index (χ2n) is 9.25. The summed E-state index contributed by atoms with van der Waals surface area (Å²) in [5.74, 6) is -2.06. The monoisotopic (exact) mass is 454 g/mol. The molecule has 3 rings (SSSR count). The van der Waals surface area contributed by atoms with E-state index in [0.717, 1.165) is 22.3 Å². The number of hydrogen-bond acceptors (Lipinski definition) is 5. The van der Waals surface area contributed by atoms with Gasteiger partial charge in [0.25, 0.3) is 0 Å². The van der Waals surface area contributed by atoms with Crippen molar-refractivity contribution in [2.45, 2.75) is 45.2 Å². The van der Waals surface area contributed by atoms with E-state index in [1.165, 1.54) is 0 Å². The highest BCUT2D eigenvalue weighted by Gasteiger charge is 2.45. The van der Waals surface area contributed by atoms with Gasteiger partial charge in [-0.25, -0.2) is 9.59 Å². The fourth-order valence-electron chi connectivity index (χ4n) is 3.85. The number of rotatable bonds is 8. The number of carboxylic acids is 1. The summed E-state index contributed by atoms with van der Waals surface area (Å²) < 4.78 is 5.58. The minimum atomic E-state index is -1.43. The van der Waals surface area contributed by atoms with Gasteiger partial charge in [0.15, 0.2) is 0 Å². The van der Waals surface area contributed by atoms with E-state index in [1.54, 1.807) is 27.7 Å². The van der Waals surface area contributed by atoms with Crippen molar-refractivity contribution in [2.24, 2.45) is 5.41 Å². The first-order valence-corrected chi connectivity index (χ1v) is 10.8. The smallest absolute Gasteiger partial charge is 0.407 e. The van der Waals surface area contributed by atoms with E-state index in [1.807, 2.05) is 36.4 Å². The van der Waals surface area contributed by atoms with Crippen LogP contribution < -0.4 is 10.6 Å². The van der Waals surface area contributed by atoms with Crippen LogP contribution in [0.4, 0.5) is 4.79 Å². The predicted octanol–water partition coefficient (Wildman–Crippen LogP) is 2.89. The number of aliphatic hydroxyl groups excluding tert-OH is 1. The fraction of sp³-hybridized carbons (Fsp3) is 0.400. The lowest BCUT2D eigenvalue weighted by atomic mass is 9.73. The third-order valence-electron chi connectivity index (χ3n) is 6.67. The summed E-state index contributed by atoms with van der Waals surface area (Å²) >= 11 is 0. The van der Waals surface area contributed by atoms with E-state index in [-0.39, 0.29) is 12.5 Å². The Hall–Kier alpha value is -3.39. The fourth-order valence-corrected chi connectivity index (χ4v) is 3.85. The van der Waals surface area contributed by atoms with Gasteiger partial charge in [0.05, 0.1) is 17.6 Å². The number of aliphatic hydroxyl groups is 1. The number of fused-ring (bicyclic) bond motifs is 3. The Morgan fingerprint density at radius 1 is 0.970 bits per heavy atom. The van der Waals surface area contributed by atoms with Gasteiger partial charge >= 0.3 is 12.1 Å². The molecule has 0 unspecified atom stereocenters. The van der Waals surface area contributed by atoms with E-state index in [2.05, 4.69) is 22.8 Å². The molecule has 8 heteroatoms. The largest absolute Gasteiger partial charge is 0.480 e. The van der Waals surface area contributed by atoms with Crippen molar-refractivity contribution in [3.05, 3.63) is 59.7 Å². The summed E-state index contributed by atoms with van der Waals surface area (Å²) in [6, 6.07) is 14.6. The second kappa shape index (κ2) is 9.23. The normalized spacial score (nSPS) is 14.1. The van der Waals surface area contributed by atoms with Crippen molar-refractivity contribution in [2.75, 3.05) is 13.2 Å². The van der Waals surface area contributed by atoms with Crippen LogP contribution >= 0.6 is 0 Å². The molecule has 2 amide bonds. The molecule has 2 aromatic rings. The number of hydrogen-bond donors (Lipinski definition) is 4. The topological polar surface area (TPSA) is 125 Å². The molecule has 4 N–H and O–H groups in total. The molecule has 8 nitrogen and oxygen atoms in total. The Balaban J connectivity index is 1.68. The minimum Gasteiger partial charge on any atom is -0.480 e. The second-order valence-corrected chi connectivity index (χ2v) is 9.25. The van der Waals surface area contributed by atoms with Crippen molar-refractivity contribution in [3.8, 4) is 11.1 Å². The lowest BCUT2D eigenvalue weighted by molar-refractivity contribution is -0.145. The average Bonchev–Trinajstić information content (AvgIpc) is 3.09. The van der Waals surface area contributed by atoms with Gasteiger partial charge < -0.3 is 25.6 Å². The molecule has 0 saturated heterocycles. The number of nitrogens with one attached hydrogen (secondary N) is 2. The quantitative estimate of drug-likeness (QED) is 0.486. The van der Waals surface area contributed by atoms with Crippen LogP contribution in [0.2, 0.25) is 0 Å². The van der Waals surface area contributed by atoms with Gasteiger partial charge in [-0.1, -0.05) is 48.5 Å². The number of carboxylic acid groups (broad SMARTS) is 1. The molecule has 0 fully saturated rings. The Labute approximate surface area is 193 Å². The number of benzene rings is 2. The van der Waals surface area contributed by atoms with Crippen LogP contribution in [0, 0.1) is 5.41 Å². The molecule has 2 aromatic carbocycles. The highest BCUT2D eigenvalue weighted by atomic mass is 16.5. The van der Waals surface area contributed by atoms with Crippen LogP contribution in [0.25, 0.3) is 11.1 Å². The number of aliphatic carboxylic acids is 1. The van der Waals surface area contributed by atoms with Crippen molar-refractivity contribution >= 4 is 18.0 Å². The number of carbonyl (C=O) groups excluding carboxylic acids is 2. The van der Waals surface area contributed by atoms with Gasteiger partial charge in [0, 0.05) is 5.92 Å². The van der Waals surface area contributed by atoms with Crippen LogP contribution in [0.3, 0.4) is 0 Å². The van der Waals surface area contributed by atoms with Gasteiger partial charge in [-0.2, -0.15) is 0 Å². The zero-order valence-corrected chi connectivity index (χ0v) is 19.2. The van der Waals surface area contributed by atoms with Crippen molar-refractivity contribution < 1.29 is 29.3 Å². The lowest BCUT2D eigenvalue weighted by Gasteiger charge is -2.40. The molecule has 0 aliphatic heterocycles. The van der Waals surface area contributed by atoms with Crippen LogP contribution in [0.15, 0.2) is 48.5 Å². The summed E-state index contributed by atoms with van der Waals surface area (Å²) in [7, 11) is 0. The zero-order valence-electron chi connectivity index (χ0n) is 19.2. The molecule has 1 aliphatic carbocycles. The number of amides is 2. The van der Waals surface area contributed by atoms with Crippen LogP contribution in [-0.4, -0.2) is 53.0 Å². The van der Waals surface area contributed by atoms with Crippen LogP contribution in [0.5, 0.6) is 0 Å². The Bertz CT molecular complexity index is 1020. The summed E-state index contributed by atoms with van der Waals surface area (Å²) in [5.41, 5.74) is 2.14. The van der Waals surface area contributed by atoms with Gasteiger partial charge in [0.2, 0.25) is 5.91 Å². The van der Waals surface area contributed by atoms with Crippen LogP contribution in [0.1, 0.15) is 44.7 Å². The standard InChI is InChI=1S/C25H30N2O6/c1-24(2,22(31)26-20(13-28)21(29)30)25(3,4)27-23(32)33-14-19-17-11-7-5-9-15(17)16-10-6-8-12-18(16)19/h5-12,19-20,28H,13-14H2,1-4H3,(H,26,31)(H,27,32)(H,29,30)/t20-/m0/s1. The molecule has 33 heavy (non-hydrogen) atoms. The first-order chi connectivity index (χ1) is 15.5. The highest BCUT2D eigenvalue weighted by molar-refractivity contribution is 5.88. The van der Waals surface area contributed by atoms with E-state index in [4.69, 9.17) is 9.84 Å². The molecule has 0 saturated carbocycles. The van der Waals surface area contributed by atoms with E-state index >= 15 is 0 Å². The Morgan fingerprint density at radius 3 is 1.97 bits per heavy atom. The van der Waals surface area contributed by atoms with Crippen molar-refractivity contribution in [1.29, 1.82) is 0 Å². The number of alkyl carbamates (subject to hydrolysis) is 1. The average molecular weight is 455 g/mol. The summed E-state index contributed by atoms with van der Waals surface area (Å²) in [5, 5.41) is 23.3. The van der Waals surface area contributed by atoms with Gasteiger partial charge in [-0.15, -0.1) is 0 Å². The summed E-state index contributed by atoms with van der Waals surface area (Å²) in [6.45, 7) is 5.88. The molecule has 1 aliphatic rings. The molecular formula is C25H30N2O6. The number of ether oxygens (including phenoxy) is 1. The SMILES string of the molecule is CC(C)(NC(=O)OCC1c2ccccc2-c2ccccc21)C(C)(C)C(=O)N[C@@H](CO)C(=O)O. The van der Waals surface area contributed by atoms with Gasteiger partial charge in [-0.05, 0) is 49.9 Å². The third kappa shape index (κ3) is 4.71. The summed E-state index contributed by atoms with van der Waals surface area (Å²) in [6.07, 6.45) is -0.681. The van der Waals surface area contributed by atoms with Gasteiger partial charge in [-0.3, -0.25) is 4.79 Å². The molecule has 0 heterocycles. The molecular weight excluding hydrogens is 424 g/mol. The third-order valence-corrected chi connectivity index (χ3v) is 6.67. The first-order valence-electron chi connectivity index (χ1n) is 10.8. The summed E-state index contributed by atoms with van der Waals surface area (Å²) in [4.78, 5) is 36.6. The van der Waals surface area contributed by atoms with Crippen molar-refractivity contribution in [1.82, 2.24) is 10.6 Å². The molecule has 0 aromatic heterocycles. The van der Waals surface area contributed by atoms with E-state index in [0.29, 0.717) is 0 Å². The Morgan fingerprint density at radius 2 is 1.48 bits per heavy atom. The molecule has 176 valence electrons. The van der Waals surface area contributed by atoms with Crippen LogP contribution in [-0.2, 0) is 14.3 Å². The number of carbonyl (C=O) groups is 3. The molecule has 1 atom stereocenters. The minimum absolute atomic E-state index is 0.0940. The van der Waals surface area contributed by atoms with Crippen molar-refractivity contribution in [3.63, 3.8) is 0 Å². The Kier molecular flexibility index (Phi) is 6.78. The maximum atomic E-state index is 12.7. The van der Waals surface area contributed by atoms with Gasteiger partial charge in [0.1, 0.15) is 12.6 Å². The van der Waals surface area contributed by atoms with E-state index in [9.17, 15) is 19.5 Å². The lowest BCUT2D eigenvalue weighted by Crippen LogP contribution is -2.61. The molecule has 0 spiro atoms. The van der Waals surface area contributed by atoms with E-state index < -0.39 is 41.6 Å². The predicted molar refractivity (Wildman–Crippen MR) is 123 cm³/mol.